The predicted molar refractivity (Wildman–Crippen MR) is 152 cm³/mol. The molecule has 1 aromatic heterocycles. The number of carbonyl (C=O) groups is 1. The second kappa shape index (κ2) is 11.3. The van der Waals surface area contributed by atoms with Crippen molar-refractivity contribution in [2.75, 3.05) is 39.8 Å². The highest BCUT2D eigenvalue weighted by Crippen LogP contribution is 2.32. The first-order valence-electron chi connectivity index (χ1n) is 12.4. The van der Waals surface area contributed by atoms with E-state index in [2.05, 4.69) is 34.0 Å². The van der Waals surface area contributed by atoms with Crippen molar-refractivity contribution in [1.29, 1.82) is 0 Å². The normalized spacial score (nSPS) is 14.8. The van der Waals surface area contributed by atoms with Gasteiger partial charge in [-0.2, -0.15) is 5.10 Å². The standard InChI is InChI=1S/C29H33Cl2N5O/c1-20-26(28(37)32-29(2,3)4)33-36(27(20)22-9-11-23(30)12-10-22)25-13-8-21(19-24(25)31)7-6-14-35-17-15-34(5)16-18-35/h8-13,19H,14-18H2,1-5H3,(H,32,37). The molecular formula is C29H33Cl2N5O. The second-order valence-corrected chi connectivity index (χ2v) is 11.3. The summed E-state index contributed by atoms with van der Waals surface area (Å²) in [5.74, 6) is 6.28. The van der Waals surface area contributed by atoms with Crippen molar-refractivity contribution < 1.29 is 4.79 Å². The van der Waals surface area contributed by atoms with Crippen LogP contribution in [0.4, 0.5) is 0 Å². The third kappa shape index (κ3) is 6.74. The fraction of sp³-hybridized carbons (Fsp3) is 0.379. The van der Waals surface area contributed by atoms with Gasteiger partial charge in [-0.3, -0.25) is 9.69 Å². The highest BCUT2D eigenvalue weighted by atomic mass is 35.5. The average molecular weight is 539 g/mol. The van der Waals surface area contributed by atoms with Crippen LogP contribution < -0.4 is 5.32 Å². The van der Waals surface area contributed by atoms with Gasteiger partial charge < -0.3 is 10.2 Å². The summed E-state index contributed by atoms with van der Waals surface area (Å²) in [7, 11) is 2.14. The summed E-state index contributed by atoms with van der Waals surface area (Å²) in [6, 6.07) is 13.2. The molecule has 1 saturated heterocycles. The summed E-state index contributed by atoms with van der Waals surface area (Å²) in [6.07, 6.45) is 0. The second-order valence-electron chi connectivity index (χ2n) is 10.5. The van der Waals surface area contributed by atoms with Gasteiger partial charge in [-0.15, -0.1) is 0 Å². The first-order valence-corrected chi connectivity index (χ1v) is 13.2. The lowest BCUT2D eigenvalue weighted by atomic mass is 10.0. The number of hydrogen-bond acceptors (Lipinski definition) is 4. The van der Waals surface area contributed by atoms with E-state index in [1.165, 1.54) is 0 Å². The molecule has 8 heteroatoms. The summed E-state index contributed by atoms with van der Waals surface area (Å²) in [4.78, 5) is 17.8. The van der Waals surface area contributed by atoms with Gasteiger partial charge in [0.15, 0.2) is 5.69 Å². The SMILES string of the molecule is Cc1c(C(=O)NC(C)(C)C)nn(-c2ccc(C#CCN3CCN(C)CC3)cc2Cl)c1-c1ccc(Cl)cc1. The van der Waals surface area contributed by atoms with Crippen LogP contribution in [0.1, 0.15) is 42.4 Å². The van der Waals surface area contributed by atoms with E-state index < -0.39 is 5.54 Å². The molecule has 3 aromatic rings. The van der Waals surface area contributed by atoms with E-state index in [4.69, 9.17) is 28.3 Å². The first-order chi connectivity index (χ1) is 17.5. The van der Waals surface area contributed by atoms with E-state index in [0.29, 0.717) is 21.4 Å². The summed E-state index contributed by atoms with van der Waals surface area (Å²) in [5, 5.41) is 8.88. The maximum atomic E-state index is 13.1. The lowest BCUT2D eigenvalue weighted by Gasteiger charge is -2.30. The Labute approximate surface area is 229 Å². The number of aromatic nitrogens is 2. The van der Waals surface area contributed by atoms with Gasteiger partial charge in [0.1, 0.15) is 0 Å². The lowest BCUT2D eigenvalue weighted by Crippen LogP contribution is -2.44. The van der Waals surface area contributed by atoms with Gasteiger partial charge in [0.2, 0.25) is 0 Å². The molecule has 2 heterocycles. The Bertz CT molecular complexity index is 1340. The van der Waals surface area contributed by atoms with E-state index in [1.807, 2.05) is 70.2 Å². The largest absolute Gasteiger partial charge is 0.346 e. The monoisotopic (exact) mass is 537 g/mol. The molecule has 4 rings (SSSR count). The number of nitrogens with zero attached hydrogens (tertiary/aromatic N) is 4. The Morgan fingerprint density at radius 1 is 1.05 bits per heavy atom. The van der Waals surface area contributed by atoms with E-state index in [-0.39, 0.29) is 5.91 Å². The zero-order valence-electron chi connectivity index (χ0n) is 22.0. The molecule has 0 unspecified atom stereocenters. The van der Waals surface area contributed by atoms with Crippen molar-refractivity contribution in [3.8, 4) is 28.8 Å². The third-order valence-electron chi connectivity index (χ3n) is 6.25. The molecule has 0 spiro atoms. The highest BCUT2D eigenvalue weighted by molar-refractivity contribution is 6.32. The maximum Gasteiger partial charge on any atom is 0.272 e. The highest BCUT2D eigenvalue weighted by Gasteiger charge is 2.25. The maximum absolute atomic E-state index is 13.1. The molecule has 6 nitrogen and oxygen atoms in total. The number of benzene rings is 2. The lowest BCUT2D eigenvalue weighted by molar-refractivity contribution is 0.0913. The number of nitrogens with one attached hydrogen (secondary N) is 1. The van der Waals surface area contributed by atoms with Crippen LogP contribution >= 0.6 is 23.2 Å². The predicted octanol–water partition coefficient (Wildman–Crippen LogP) is 5.28. The Hall–Kier alpha value is -2.82. The topological polar surface area (TPSA) is 53.4 Å². The Morgan fingerprint density at radius 3 is 2.35 bits per heavy atom. The van der Waals surface area contributed by atoms with Gasteiger partial charge >= 0.3 is 0 Å². The quantitative estimate of drug-likeness (QED) is 0.460. The summed E-state index contributed by atoms with van der Waals surface area (Å²) in [5.41, 5.74) is 3.90. The Morgan fingerprint density at radius 2 is 1.73 bits per heavy atom. The third-order valence-corrected chi connectivity index (χ3v) is 6.81. The van der Waals surface area contributed by atoms with Crippen molar-refractivity contribution in [2.24, 2.45) is 0 Å². The molecular weight excluding hydrogens is 505 g/mol. The van der Waals surface area contributed by atoms with Crippen LogP contribution in [0.25, 0.3) is 16.9 Å². The molecule has 1 aliphatic rings. The van der Waals surface area contributed by atoms with Gasteiger partial charge in [0.05, 0.1) is 22.9 Å². The fourth-order valence-corrected chi connectivity index (χ4v) is 4.63. The minimum atomic E-state index is -0.393. The average Bonchev–Trinajstić information content (AvgIpc) is 3.17. The number of piperazine rings is 1. The molecule has 2 aromatic carbocycles. The van der Waals surface area contributed by atoms with Crippen LogP contribution in [-0.2, 0) is 0 Å². The number of rotatable bonds is 4. The summed E-state index contributed by atoms with van der Waals surface area (Å²) < 4.78 is 1.74. The molecule has 1 amide bonds. The van der Waals surface area contributed by atoms with Gasteiger partial charge in [0, 0.05) is 53.4 Å². The van der Waals surface area contributed by atoms with Gasteiger partial charge in [-0.1, -0.05) is 47.2 Å². The number of halogens is 2. The molecule has 0 bridgehead atoms. The number of amides is 1. The number of hydrogen-bond donors (Lipinski definition) is 1. The zero-order valence-corrected chi connectivity index (χ0v) is 23.5. The van der Waals surface area contributed by atoms with E-state index in [1.54, 1.807) is 4.68 Å². The summed E-state index contributed by atoms with van der Waals surface area (Å²) in [6.45, 7) is 12.7. The zero-order chi connectivity index (χ0) is 26.7. The van der Waals surface area contributed by atoms with Gasteiger partial charge in [0.25, 0.3) is 5.91 Å². The summed E-state index contributed by atoms with van der Waals surface area (Å²) >= 11 is 12.9. The smallest absolute Gasteiger partial charge is 0.272 e. The molecule has 1 fully saturated rings. The number of likely N-dealkylation sites (N-methyl/N-ethyl adjacent to an activating group) is 1. The van der Waals surface area contributed by atoms with Crippen LogP contribution in [0, 0.1) is 18.8 Å². The van der Waals surface area contributed by atoms with Crippen molar-refractivity contribution in [3.05, 3.63) is 69.3 Å². The molecule has 0 aliphatic carbocycles. The van der Waals surface area contributed by atoms with Crippen LogP contribution in [0.5, 0.6) is 0 Å². The molecule has 0 saturated carbocycles. The van der Waals surface area contributed by atoms with E-state index in [9.17, 15) is 4.79 Å². The van der Waals surface area contributed by atoms with Gasteiger partial charge in [-0.25, -0.2) is 4.68 Å². The number of carbonyl (C=O) groups excluding carboxylic acids is 1. The van der Waals surface area contributed by atoms with Crippen LogP contribution in [0.3, 0.4) is 0 Å². The van der Waals surface area contributed by atoms with Gasteiger partial charge in [-0.05, 0) is 65.1 Å². The van der Waals surface area contributed by atoms with E-state index in [0.717, 1.165) is 55.1 Å². The van der Waals surface area contributed by atoms with Crippen LogP contribution in [0.15, 0.2) is 42.5 Å². The van der Waals surface area contributed by atoms with Crippen molar-refractivity contribution in [1.82, 2.24) is 24.9 Å². The minimum Gasteiger partial charge on any atom is -0.346 e. The molecule has 0 atom stereocenters. The van der Waals surface area contributed by atoms with Crippen molar-refractivity contribution in [3.63, 3.8) is 0 Å². The molecule has 37 heavy (non-hydrogen) atoms. The first kappa shape index (κ1) is 27.2. The molecule has 194 valence electrons. The minimum absolute atomic E-state index is 0.235. The van der Waals surface area contributed by atoms with E-state index >= 15 is 0 Å². The fourth-order valence-electron chi connectivity index (χ4n) is 4.25. The molecule has 1 aliphatic heterocycles. The van der Waals surface area contributed by atoms with Crippen LogP contribution in [0.2, 0.25) is 10.0 Å². The Balaban J connectivity index is 1.67. The van der Waals surface area contributed by atoms with Crippen molar-refractivity contribution in [2.45, 2.75) is 33.2 Å². The Kier molecular flexibility index (Phi) is 8.30. The molecule has 1 N–H and O–H groups in total. The van der Waals surface area contributed by atoms with Crippen molar-refractivity contribution >= 4 is 29.1 Å². The molecule has 0 radical (unpaired) electrons. The van der Waals surface area contributed by atoms with Crippen LogP contribution in [-0.4, -0.2) is 70.8 Å².